The van der Waals surface area contributed by atoms with Crippen molar-refractivity contribution >= 4 is 21.1 Å². The monoisotopic (exact) mass is 355 g/mol. The fourth-order valence-electron chi connectivity index (χ4n) is 2.91. The van der Waals surface area contributed by atoms with Gasteiger partial charge in [-0.05, 0) is 35.4 Å². The molecule has 1 aromatic heterocycles. The van der Waals surface area contributed by atoms with Gasteiger partial charge in [0.1, 0.15) is 0 Å². The van der Waals surface area contributed by atoms with Gasteiger partial charge in [-0.3, -0.25) is 9.97 Å². The first-order valence-corrected chi connectivity index (χ1v) is 9.48. The molecule has 0 bridgehead atoms. The molecule has 128 valence electrons. The zero-order valence-corrected chi connectivity index (χ0v) is 14.3. The predicted molar refractivity (Wildman–Crippen MR) is 94.6 cm³/mol. The summed E-state index contributed by atoms with van der Waals surface area (Å²) in [5.74, 6) is 0. The zero-order chi connectivity index (χ0) is 17.3. The number of ether oxygens (including phenoxy) is 1. The van der Waals surface area contributed by atoms with Gasteiger partial charge >= 0.3 is 0 Å². The second-order valence-electron chi connectivity index (χ2n) is 5.80. The van der Waals surface area contributed by atoms with Gasteiger partial charge in [0.05, 0.1) is 29.1 Å². The van der Waals surface area contributed by atoms with Crippen molar-refractivity contribution in [1.29, 1.82) is 0 Å². The minimum Gasteiger partial charge on any atom is -0.379 e. The molecule has 2 aromatic carbocycles. The van der Waals surface area contributed by atoms with Crippen LogP contribution in [0.3, 0.4) is 0 Å². The largest absolute Gasteiger partial charge is 0.379 e. The summed E-state index contributed by atoms with van der Waals surface area (Å²) in [5, 5.41) is 0. The van der Waals surface area contributed by atoms with Crippen molar-refractivity contribution in [2.75, 3.05) is 26.3 Å². The third-order valence-electron chi connectivity index (χ3n) is 4.24. The second-order valence-corrected chi connectivity index (χ2v) is 7.74. The number of rotatable bonds is 3. The van der Waals surface area contributed by atoms with Crippen molar-refractivity contribution in [3.8, 4) is 11.1 Å². The average molecular weight is 355 g/mol. The van der Waals surface area contributed by atoms with Gasteiger partial charge in [0.2, 0.25) is 10.0 Å². The van der Waals surface area contributed by atoms with Crippen LogP contribution in [0.5, 0.6) is 0 Å². The normalized spacial score (nSPS) is 16.2. The van der Waals surface area contributed by atoms with Gasteiger partial charge < -0.3 is 4.74 Å². The fourth-order valence-corrected chi connectivity index (χ4v) is 4.37. The Morgan fingerprint density at radius 1 is 0.880 bits per heavy atom. The van der Waals surface area contributed by atoms with Crippen LogP contribution in [0.1, 0.15) is 0 Å². The number of sulfonamides is 1. The van der Waals surface area contributed by atoms with E-state index in [-0.39, 0.29) is 0 Å². The standard InChI is InChI=1S/C18H17N3O3S/c22-25(23,21-8-10-24-11-9-21)16-3-1-2-14(12-16)15-4-5-17-18(13-15)20-7-6-19-17/h1-7,12-13H,8-11H2. The molecule has 0 N–H and O–H groups in total. The molecule has 0 saturated carbocycles. The molecule has 1 fully saturated rings. The van der Waals surface area contributed by atoms with E-state index in [9.17, 15) is 8.42 Å². The Morgan fingerprint density at radius 2 is 1.60 bits per heavy atom. The van der Waals surface area contributed by atoms with E-state index in [4.69, 9.17) is 4.74 Å². The molecule has 1 saturated heterocycles. The number of fused-ring (bicyclic) bond motifs is 1. The lowest BCUT2D eigenvalue weighted by Gasteiger charge is -2.26. The Morgan fingerprint density at radius 3 is 2.40 bits per heavy atom. The van der Waals surface area contributed by atoms with E-state index in [0.717, 1.165) is 22.2 Å². The van der Waals surface area contributed by atoms with Crippen molar-refractivity contribution in [3.05, 3.63) is 54.9 Å². The first kappa shape index (κ1) is 16.1. The van der Waals surface area contributed by atoms with E-state index in [1.165, 1.54) is 4.31 Å². The van der Waals surface area contributed by atoms with Gasteiger partial charge in [-0.15, -0.1) is 0 Å². The molecule has 0 spiro atoms. The maximum Gasteiger partial charge on any atom is 0.243 e. The van der Waals surface area contributed by atoms with E-state index in [0.29, 0.717) is 31.2 Å². The molecule has 0 radical (unpaired) electrons. The Balaban J connectivity index is 1.73. The number of aromatic nitrogens is 2. The van der Waals surface area contributed by atoms with E-state index in [1.54, 1.807) is 30.6 Å². The average Bonchev–Trinajstić information content (AvgIpc) is 2.68. The van der Waals surface area contributed by atoms with Gasteiger partial charge in [0.15, 0.2) is 0 Å². The molecule has 1 aliphatic rings. The molecule has 7 heteroatoms. The zero-order valence-electron chi connectivity index (χ0n) is 13.5. The van der Waals surface area contributed by atoms with Crippen LogP contribution in [0.15, 0.2) is 59.8 Å². The predicted octanol–water partition coefficient (Wildman–Crippen LogP) is 2.32. The van der Waals surface area contributed by atoms with Crippen molar-refractivity contribution in [2.24, 2.45) is 0 Å². The summed E-state index contributed by atoms with van der Waals surface area (Å²) in [5.41, 5.74) is 3.33. The quantitative estimate of drug-likeness (QED) is 0.721. The minimum atomic E-state index is -3.51. The molecule has 4 rings (SSSR count). The highest BCUT2D eigenvalue weighted by molar-refractivity contribution is 7.89. The summed E-state index contributed by atoms with van der Waals surface area (Å²) in [6.07, 6.45) is 3.29. The summed E-state index contributed by atoms with van der Waals surface area (Å²) in [6, 6.07) is 12.7. The smallest absolute Gasteiger partial charge is 0.243 e. The highest BCUT2D eigenvalue weighted by Gasteiger charge is 2.26. The maximum absolute atomic E-state index is 12.8. The van der Waals surface area contributed by atoms with Crippen molar-refractivity contribution in [1.82, 2.24) is 14.3 Å². The summed E-state index contributed by atoms with van der Waals surface area (Å²) >= 11 is 0. The van der Waals surface area contributed by atoms with E-state index >= 15 is 0 Å². The molecule has 0 aliphatic carbocycles. The van der Waals surface area contributed by atoms with Crippen LogP contribution in [-0.4, -0.2) is 49.0 Å². The van der Waals surface area contributed by atoms with Gasteiger partial charge in [-0.25, -0.2) is 8.42 Å². The SMILES string of the molecule is O=S(=O)(c1cccc(-c2ccc3nccnc3c2)c1)N1CCOCC1. The van der Waals surface area contributed by atoms with Gasteiger partial charge in [-0.1, -0.05) is 18.2 Å². The molecule has 1 aliphatic heterocycles. The Bertz CT molecular complexity index is 1010. The topological polar surface area (TPSA) is 72.4 Å². The van der Waals surface area contributed by atoms with Crippen LogP contribution >= 0.6 is 0 Å². The lowest BCUT2D eigenvalue weighted by Crippen LogP contribution is -2.40. The van der Waals surface area contributed by atoms with Gasteiger partial charge in [0, 0.05) is 25.5 Å². The number of hydrogen-bond acceptors (Lipinski definition) is 5. The lowest BCUT2D eigenvalue weighted by molar-refractivity contribution is 0.0730. The Labute approximate surface area is 146 Å². The Kier molecular flexibility index (Phi) is 4.20. The molecule has 3 aromatic rings. The fraction of sp³-hybridized carbons (Fsp3) is 0.222. The third-order valence-corrected chi connectivity index (χ3v) is 6.14. The molecular formula is C18H17N3O3S. The van der Waals surface area contributed by atoms with E-state index < -0.39 is 10.0 Å². The van der Waals surface area contributed by atoms with Crippen LogP contribution in [-0.2, 0) is 14.8 Å². The van der Waals surface area contributed by atoms with Crippen molar-refractivity contribution < 1.29 is 13.2 Å². The van der Waals surface area contributed by atoms with Crippen LogP contribution in [0, 0.1) is 0 Å². The summed E-state index contributed by atoms with van der Waals surface area (Å²) < 4.78 is 32.4. The summed E-state index contributed by atoms with van der Waals surface area (Å²) in [7, 11) is -3.51. The summed E-state index contributed by atoms with van der Waals surface area (Å²) in [6.45, 7) is 1.64. The first-order valence-electron chi connectivity index (χ1n) is 8.04. The van der Waals surface area contributed by atoms with Crippen molar-refractivity contribution in [3.63, 3.8) is 0 Å². The number of benzene rings is 2. The lowest BCUT2D eigenvalue weighted by atomic mass is 10.1. The Hall–Kier alpha value is -2.35. The van der Waals surface area contributed by atoms with Crippen LogP contribution < -0.4 is 0 Å². The third kappa shape index (κ3) is 3.13. The summed E-state index contributed by atoms with van der Waals surface area (Å²) in [4.78, 5) is 8.86. The molecule has 0 atom stereocenters. The molecule has 6 nitrogen and oxygen atoms in total. The molecule has 25 heavy (non-hydrogen) atoms. The molecular weight excluding hydrogens is 338 g/mol. The maximum atomic E-state index is 12.8. The molecule has 0 unspecified atom stereocenters. The first-order chi connectivity index (χ1) is 12.1. The van der Waals surface area contributed by atoms with Crippen LogP contribution in [0.25, 0.3) is 22.2 Å². The van der Waals surface area contributed by atoms with Gasteiger partial charge in [0.25, 0.3) is 0 Å². The molecule has 2 heterocycles. The minimum absolute atomic E-state index is 0.297. The van der Waals surface area contributed by atoms with E-state index in [1.807, 2.05) is 24.3 Å². The van der Waals surface area contributed by atoms with Crippen molar-refractivity contribution in [2.45, 2.75) is 4.90 Å². The van der Waals surface area contributed by atoms with Gasteiger partial charge in [-0.2, -0.15) is 4.31 Å². The highest BCUT2D eigenvalue weighted by Crippen LogP contribution is 2.26. The number of nitrogens with zero attached hydrogens (tertiary/aromatic N) is 3. The number of morpholine rings is 1. The number of hydrogen-bond donors (Lipinski definition) is 0. The second kappa shape index (κ2) is 6.51. The highest BCUT2D eigenvalue weighted by atomic mass is 32.2. The van der Waals surface area contributed by atoms with Crippen LogP contribution in [0.2, 0.25) is 0 Å². The van der Waals surface area contributed by atoms with Crippen LogP contribution in [0.4, 0.5) is 0 Å². The molecule has 0 amide bonds. The van der Waals surface area contributed by atoms with E-state index in [2.05, 4.69) is 9.97 Å².